The van der Waals surface area contributed by atoms with Gasteiger partial charge in [0.2, 0.25) is 0 Å². The minimum atomic E-state index is 0.104. The summed E-state index contributed by atoms with van der Waals surface area (Å²) < 4.78 is 11.5. The topological polar surface area (TPSA) is 34.4 Å². The van der Waals surface area contributed by atoms with Gasteiger partial charge in [-0.3, -0.25) is 0 Å². The Morgan fingerprint density at radius 2 is 2.00 bits per heavy atom. The van der Waals surface area contributed by atoms with E-state index < -0.39 is 0 Å². The first-order valence-corrected chi connectivity index (χ1v) is 7.92. The van der Waals surface area contributed by atoms with E-state index in [4.69, 9.17) is 9.15 Å². The quantitative estimate of drug-likeness (QED) is 0.844. The molecule has 1 saturated carbocycles. The fraction of sp³-hybridized carbons (Fsp3) is 0.765. The number of hydrogen-bond donors (Lipinski definition) is 1. The molecule has 0 radical (unpaired) electrons. The maximum atomic E-state index is 5.90. The van der Waals surface area contributed by atoms with Gasteiger partial charge in [-0.15, -0.1) is 0 Å². The monoisotopic (exact) mass is 279 g/mol. The van der Waals surface area contributed by atoms with Crippen molar-refractivity contribution in [3.63, 3.8) is 0 Å². The lowest BCUT2D eigenvalue weighted by molar-refractivity contribution is 0.0729. The van der Waals surface area contributed by atoms with Crippen LogP contribution < -0.4 is 5.32 Å². The molecule has 0 amide bonds. The van der Waals surface area contributed by atoms with Crippen molar-refractivity contribution in [3.8, 4) is 0 Å². The van der Waals surface area contributed by atoms with Crippen LogP contribution in [0.25, 0.3) is 0 Å². The van der Waals surface area contributed by atoms with Crippen LogP contribution in [0.3, 0.4) is 0 Å². The van der Waals surface area contributed by atoms with Crippen LogP contribution in [-0.4, -0.2) is 12.1 Å². The van der Waals surface area contributed by atoms with E-state index >= 15 is 0 Å². The van der Waals surface area contributed by atoms with Crippen LogP contribution in [0.4, 0.5) is 0 Å². The Kier molecular flexibility index (Phi) is 5.67. The number of nitrogens with one attached hydrogen (secondary N) is 1. The summed E-state index contributed by atoms with van der Waals surface area (Å²) in [6, 6.07) is 2.03. The average Bonchev–Trinajstić information content (AvgIpc) is 2.84. The van der Waals surface area contributed by atoms with Crippen LogP contribution in [-0.2, 0) is 17.9 Å². The third-order valence-corrected chi connectivity index (χ3v) is 3.95. The van der Waals surface area contributed by atoms with Crippen molar-refractivity contribution in [1.82, 2.24) is 5.32 Å². The van der Waals surface area contributed by atoms with Crippen molar-refractivity contribution in [2.45, 2.75) is 71.6 Å². The van der Waals surface area contributed by atoms with Gasteiger partial charge in [0.05, 0.1) is 19.4 Å². The van der Waals surface area contributed by atoms with Gasteiger partial charge >= 0.3 is 0 Å². The Morgan fingerprint density at radius 1 is 1.25 bits per heavy atom. The molecular formula is C17H29NO2. The van der Waals surface area contributed by atoms with Gasteiger partial charge in [0.1, 0.15) is 5.76 Å². The van der Waals surface area contributed by atoms with E-state index in [1.165, 1.54) is 37.7 Å². The van der Waals surface area contributed by atoms with Crippen molar-refractivity contribution in [2.75, 3.05) is 6.61 Å². The fourth-order valence-corrected chi connectivity index (χ4v) is 2.69. The van der Waals surface area contributed by atoms with Crippen LogP contribution in [0.5, 0.6) is 0 Å². The molecule has 1 aliphatic carbocycles. The Bertz CT molecular complexity index is 386. The van der Waals surface area contributed by atoms with Gasteiger partial charge in [0, 0.05) is 17.7 Å². The third kappa shape index (κ3) is 5.29. The van der Waals surface area contributed by atoms with E-state index in [9.17, 15) is 0 Å². The highest BCUT2D eigenvalue weighted by Gasteiger charge is 2.15. The second-order valence-corrected chi connectivity index (χ2v) is 6.99. The van der Waals surface area contributed by atoms with E-state index in [0.29, 0.717) is 6.61 Å². The molecule has 20 heavy (non-hydrogen) atoms. The standard InChI is InChI=1S/C17H29NO2/c1-17(2,3)18-11-16-15(9-10-20-16)13-19-12-14-7-5-4-6-8-14/h9-10,14,18H,4-8,11-13H2,1-3H3. The highest BCUT2D eigenvalue weighted by molar-refractivity contribution is 5.16. The maximum Gasteiger partial charge on any atom is 0.123 e. The third-order valence-electron chi connectivity index (χ3n) is 3.95. The van der Waals surface area contributed by atoms with Crippen LogP contribution in [0, 0.1) is 5.92 Å². The summed E-state index contributed by atoms with van der Waals surface area (Å²) in [6.45, 7) is 8.82. The lowest BCUT2D eigenvalue weighted by atomic mass is 9.90. The molecule has 0 spiro atoms. The first-order chi connectivity index (χ1) is 9.54. The average molecular weight is 279 g/mol. The smallest absolute Gasteiger partial charge is 0.123 e. The molecule has 1 aromatic heterocycles. The van der Waals surface area contributed by atoms with Crippen LogP contribution in [0.15, 0.2) is 16.7 Å². The minimum absolute atomic E-state index is 0.104. The number of ether oxygens (including phenoxy) is 1. The Balaban J connectivity index is 1.74. The minimum Gasteiger partial charge on any atom is -0.468 e. The summed E-state index contributed by atoms with van der Waals surface area (Å²) in [5.74, 6) is 1.77. The van der Waals surface area contributed by atoms with Crippen molar-refractivity contribution < 1.29 is 9.15 Å². The van der Waals surface area contributed by atoms with Crippen LogP contribution in [0.1, 0.15) is 64.2 Å². The van der Waals surface area contributed by atoms with Gasteiger partial charge in [-0.2, -0.15) is 0 Å². The van der Waals surface area contributed by atoms with Gasteiger partial charge in [-0.05, 0) is 45.6 Å². The van der Waals surface area contributed by atoms with Crippen LogP contribution in [0.2, 0.25) is 0 Å². The van der Waals surface area contributed by atoms with Crippen molar-refractivity contribution in [1.29, 1.82) is 0 Å². The zero-order valence-corrected chi connectivity index (χ0v) is 13.2. The molecule has 0 unspecified atom stereocenters. The first kappa shape index (κ1) is 15.6. The van der Waals surface area contributed by atoms with E-state index in [0.717, 1.165) is 24.8 Å². The first-order valence-electron chi connectivity index (χ1n) is 7.92. The molecule has 3 heteroatoms. The molecule has 114 valence electrons. The van der Waals surface area contributed by atoms with Gasteiger partial charge in [0.15, 0.2) is 0 Å². The van der Waals surface area contributed by atoms with E-state index in [1.54, 1.807) is 6.26 Å². The summed E-state index contributed by atoms with van der Waals surface area (Å²) in [6.07, 6.45) is 8.59. The molecule has 1 aromatic rings. The molecule has 1 N–H and O–H groups in total. The second-order valence-electron chi connectivity index (χ2n) is 6.99. The summed E-state index contributed by atoms with van der Waals surface area (Å²) in [5.41, 5.74) is 1.28. The van der Waals surface area contributed by atoms with E-state index in [-0.39, 0.29) is 5.54 Å². The molecule has 1 fully saturated rings. The highest BCUT2D eigenvalue weighted by atomic mass is 16.5. The SMILES string of the molecule is CC(C)(C)NCc1occc1COCC1CCCCC1. The maximum absolute atomic E-state index is 5.90. The molecule has 0 saturated heterocycles. The van der Waals surface area contributed by atoms with Crippen molar-refractivity contribution in [3.05, 3.63) is 23.7 Å². The molecule has 0 bridgehead atoms. The van der Waals surface area contributed by atoms with Gasteiger partial charge < -0.3 is 14.5 Å². The van der Waals surface area contributed by atoms with Crippen molar-refractivity contribution >= 4 is 0 Å². The Labute approximate surface area is 123 Å². The molecule has 0 atom stereocenters. The normalized spacial score (nSPS) is 17.6. The number of rotatable bonds is 6. The summed E-state index contributed by atoms with van der Waals surface area (Å²) >= 11 is 0. The summed E-state index contributed by atoms with van der Waals surface area (Å²) in [7, 11) is 0. The number of hydrogen-bond acceptors (Lipinski definition) is 3. The van der Waals surface area contributed by atoms with Crippen LogP contribution >= 0.6 is 0 Å². The molecular weight excluding hydrogens is 250 g/mol. The Hall–Kier alpha value is -0.800. The summed E-state index contributed by atoms with van der Waals surface area (Å²) in [4.78, 5) is 0. The van der Waals surface area contributed by atoms with Gasteiger partial charge in [0.25, 0.3) is 0 Å². The molecule has 0 aromatic carbocycles. The van der Waals surface area contributed by atoms with Crippen molar-refractivity contribution in [2.24, 2.45) is 5.92 Å². The van der Waals surface area contributed by atoms with Gasteiger partial charge in [-0.1, -0.05) is 19.3 Å². The molecule has 0 aliphatic heterocycles. The Morgan fingerprint density at radius 3 is 2.70 bits per heavy atom. The zero-order chi connectivity index (χ0) is 14.4. The second kappa shape index (κ2) is 7.28. The molecule has 1 aliphatic rings. The lowest BCUT2D eigenvalue weighted by Crippen LogP contribution is -2.35. The largest absolute Gasteiger partial charge is 0.468 e. The molecule has 1 heterocycles. The molecule has 2 rings (SSSR count). The van der Waals surface area contributed by atoms with E-state index in [2.05, 4.69) is 26.1 Å². The molecule has 3 nitrogen and oxygen atoms in total. The predicted molar refractivity (Wildman–Crippen MR) is 81.5 cm³/mol. The number of furan rings is 1. The highest BCUT2D eigenvalue weighted by Crippen LogP contribution is 2.24. The lowest BCUT2D eigenvalue weighted by Gasteiger charge is -2.21. The fourth-order valence-electron chi connectivity index (χ4n) is 2.69. The van der Waals surface area contributed by atoms with Gasteiger partial charge in [-0.25, -0.2) is 0 Å². The van der Waals surface area contributed by atoms with E-state index in [1.807, 2.05) is 6.07 Å². The summed E-state index contributed by atoms with van der Waals surface area (Å²) in [5, 5.41) is 3.46. The zero-order valence-electron chi connectivity index (χ0n) is 13.2. The predicted octanol–water partition coefficient (Wildman–Crippen LogP) is 4.26.